The highest BCUT2D eigenvalue weighted by Crippen LogP contribution is 2.28. The summed E-state index contributed by atoms with van der Waals surface area (Å²) < 4.78 is 11.2. The Bertz CT molecular complexity index is 814. The maximum absolute atomic E-state index is 12.1. The third-order valence-corrected chi connectivity index (χ3v) is 5.04. The maximum atomic E-state index is 12.1. The summed E-state index contributed by atoms with van der Waals surface area (Å²) in [5, 5.41) is 11.7. The monoisotopic (exact) mass is 398 g/mol. The standard InChI is InChI=1S/C22H26N2O3S/c1-16(2)10-11-27-20-9-6-18(12-21(20)26-3)14-24-22(25)15-28-19-7-4-17(13-23)5-8-19/h4-9,12,16H,10-11,14-15H2,1-3H3,(H,24,25). The van der Waals surface area contributed by atoms with E-state index in [2.05, 4.69) is 25.2 Å². The third-order valence-electron chi connectivity index (χ3n) is 4.02. The number of methoxy groups -OCH3 is 1. The van der Waals surface area contributed by atoms with Gasteiger partial charge in [0.15, 0.2) is 11.5 Å². The van der Waals surface area contributed by atoms with Gasteiger partial charge < -0.3 is 14.8 Å². The molecule has 0 saturated heterocycles. The van der Waals surface area contributed by atoms with Crippen LogP contribution in [0.4, 0.5) is 0 Å². The molecule has 28 heavy (non-hydrogen) atoms. The second-order valence-corrected chi connectivity index (χ2v) is 7.77. The Hall–Kier alpha value is -2.65. The number of ether oxygens (including phenoxy) is 2. The molecule has 148 valence electrons. The van der Waals surface area contributed by atoms with Gasteiger partial charge in [0.05, 0.1) is 31.1 Å². The first-order valence-electron chi connectivity index (χ1n) is 9.21. The van der Waals surface area contributed by atoms with E-state index in [9.17, 15) is 4.79 Å². The third kappa shape index (κ3) is 7.16. The first kappa shape index (κ1) is 21.6. The van der Waals surface area contributed by atoms with Gasteiger partial charge >= 0.3 is 0 Å². The van der Waals surface area contributed by atoms with Crippen molar-refractivity contribution in [3.05, 3.63) is 53.6 Å². The molecule has 2 aromatic rings. The van der Waals surface area contributed by atoms with Crippen LogP contribution in [0.15, 0.2) is 47.4 Å². The lowest BCUT2D eigenvalue weighted by Gasteiger charge is -2.13. The Kier molecular flexibility index (Phi) is 8.70. The molecule has 0 aliphatic carbocycles. The SMILES string of the molecule is COc1cc(CNC(=O)CSc2ccc(C#N)cc2)ccc1OCCC(C)C. The summed E-state index contributed by atoms with van der Waals surface area (Å²) in [4.78, 5) is 13.1. The summed E-state index contributed by atoms with van der Waals surface area (Å²) in [6.07, 6.45) is 0.984. The van der Waals surface area contributed by atoms with Crippen molar-refractivity contribution in [1.29, 1.82) is 5.26 Å². The van der Waals surface area contributed by atoms with E-state index in [1.165, 1.54) is 11.8 Å². The van der Waals surface area contributed by atoms with E-state index in [1.54, 1.807) is 19.2 Å². The number of hydrogen-bond donors (Lipinski definition) is 1. The Morgan fingerprint density at radius 1 is 1.18 bits per heavy atom. The van der Waals surface area contributed by atoms with Gasteiger partial charge in [0.1, 0.15) is 0 Å². The minimum Gasteiger partial charge on any atom is -0.493 e. The number of thioether (sulfide) groups is 1. The van der Waals surface area contributed by atoms with Crippen LogP contribution in [0.3, 0.4) is 0 Å². The molecule has 0 fully saturated rings. The molecule has 0 atom stereocenters. The smallest absolute Gasteiger partial charge is 0.230 e. The lowest BCUT2D eigenvalue weighted by molar-refractivity contribution is -0.118. The van der Waals surface area contributed by atoms with Gasteiger partial charge in [-0.05, 0) is 54.3 Å². The molecule has 2 aromatic carbocycles. The zero-order valence-electron chi connectivity index (χ0n) is 16.5. The highest BCUT2D eigenvalue weighted by molar-refractivity contribution is 8.00. The van der Waals surface area contributed by atoms with Crippen LogP contribution in [0.2, 0.25) is 0 Å². The van der Waals surface area contributed by atoms with Crippen molar-refractivity contribution in [1.82, 2.24) is 5.32 Å². The number of carbonyl (C=O) groups excluding carboxylic acids is 1. The fourth-order valence-electron chi connectivity index (χ4n) is 2.37. The molecular formula is C22H26N2O3S. The summed E-state index contributed by atoms with van der Waals surface area (Å²) in [5.41, 5.74) is 1.56. The number of hydrogen-bond acceptors (Lipinski definition) is 5. The number of nitrogens with zero attached hydrogens (tertiary/aromatic N) is 1. The molecule has 6 heteroatoms. The van der Waals surface area contributed by atoms with Crippen molar-refractivity contribution in [2.45, 2.75) is 31.7 Å². The minimum absolute atomic E-state index is 0.0504. The fraction of sp³-hybridized carbons (Fsp3) is 0.364. The zero-order valence-corrected chi connectivity index (χ0v) is 17.3. The van der Waals surface area contributed by atoms with Crippen molar-refractivity contribution >= 4 is 17.7 Å². The summed E-state index contributed by atoms with van der Waals surface area (Å²) in [7, 11) is 1.61. The zero-order chi connectivity index (χ0) is 20.4. The Morgan fingerprint density at radius 2 is 1.93 bits per heavy atom. The molecule has 0 aliphatic heterocycles. The van der Waals surface area contributed by atoms with Crippen LogP contribution in [0, 0.1) is 17.2 Å². The Labute approximate surface area is 171 Å². The van der Waals surface area contributed by atoms with Crippen molar-refractivity contribution in [2.75, 3.05) is 19.5 Å². The number of nitriles is 1. The molecule has 0 radical (unpaired) electrons. The second kappa shape index (κ2) is 11.3. The van der Waals surface area contributed by atoms with Gasteiger partial charge in [0.25, 0.3) is 0 Å². The molecule has 0 bridgehead atoms. The molecule has 1 N–H and O–H groups in total. The minimum atomic E-state index is -0.0504. The molecule has 0 aromatic heterocycles. The number of amides is 1. The molecule has 0 spiro atoms. The van der Waals surface area contributed by atoms with Crippen molar-refractivity contribution in [3.63, 3.8) is 0 Å². The van der Waals surface area contributed by atoms with Crippen LogP contribution >= 0.6 is 11.8 Å². The average Bonchev–Trinajstić information content (AvgIpc) is 2.71. The molecule has 0 aliphatic rings. The second-order valence-electron chi connectivity index (χ2n) is 6.72. The number of rotatable bonds is 10. The fourth-order valence-corrected chi connectivity index (χ4v) is 3.10. The van der Waals surface area contributed by atoms with Crippen molar-refractivity contribution in [2.24, 2.45) is 5.92 Å². The molecule has 2 rings (SSSR count). The molecule has 0 unspecified atom stereocenters. The normalized spacial score (nSPS) is 10.4. The van der Waals surface area contributed by atoms with Crippen LogP contribution in [0.1, 0.15) is 31.4 Å². The summed E-state index contributed by atoms with van der Waals surface area (Å²) >= 11 is 1.44. The highest BCUT2D eigenvalue weighted by atomic mass is 32.2. The Balaban J connectivity index is 1.82. The van der Waals surface area contributed by atoms with Crippen molar-refractivity contribution in [3.8, 4) is 17.6 Å². The first-order chi connectivity index (χ1) is 13.5. The largest absolute Gasteiger partial charge is 0.493 e. The van der Waals surface area contributed by atoms with E-state index in [4.69, 9.17) is 14.7 Å². The molecule has 0 saturated carbocycles. The van der Waals surface area contributed by atoms with Gasteiger partial charge in [0.2, 0.25) is 5.91 Å². The molecule has 1 amide bonds. The predicted octanol–water partition coefficient (Wildman–Crippen LogP) is 4.40. The average molecular weight is 399 g/mol. The lowest BCUT2D eigenvalue weighted by Crippen LogP contribution is -2.24. The number of nitrogens with one attached hydrogen (secondary N) is 1. The van der Waals surface area contributed by atoms with Gasteiger partial charge in [-0.15, -0.1) is 11.8 Å². The van der Waals surface area contributed by atoms with Crippen LogP contribution < -0.4 is 14.8 Å². The molecule has 5 nitrogen and oxygen atoms in total. The van der Waals surface area contributed by atoms with Gasteiger partial charge in [-0.2, -0.15) is 5.26 Å². The van der Waals surface area contributed by atoms with Gasteiger partial charge in [-0.1, -0.05) is 19.9 Å². The molecular weight excluding hydrogens is 372 g/mol. The van der Waals surface area contributed by atoms with Crippen LogP contribution in [-0.2, 0) is 11.3 Å². The van der Waals surface area contributed by atoms with Crippen molar-refractivity contribution < 1.29 is 14.3 Å². The number of benzene rings is 2. The van der Waals surface area contributed by atoms with E-state index in [-0.39, 0.29) is 5.91 Å². The quantitative estimate of drug-likeness (QED) is 0.601. The lowest BCUT2D eigenvalue weighted by atomic mass is 10.1. The van der Waals surface area contributed by atoms with E-state index in [0.29, 0.717) is 36.1 Å². The van der Waals surface area contributed by atoms with Crippen LogP contribution in [0.25, 0.3) is 0 Å². The molecule has 0 heterocycles. The summed E-state index contributed by atoms with van der Waals surface area (Å²) in [5.74, 6) is 2.24. The van der Waals surface area contributed by atoms with E-state index in [1.807, 2.05) is 30.3 Å². The van der Waals surface area contributed by atoms with E-state index >= 15 is 0 Å². The van der Waals surface area contributed by atoms with E-state index < -0.39 is 0 Å². The number of carbonyl (C=O) groups is 1. The van der Waals surface area contributed by atoms with E-state index in [0.717, 1.165) is 22.6 Å². The summed E-state index contributed by atoms with van der Waals surface area (Å²) in [6.45, 7) is 5.39. The predicted molar refractivity (Wildman–Crippen MR) is 112 cm³/mol. The van der Waals surface area contributed by atoms with Gasteiger partial charge in [-0.25, -0.2) is 0 Å². The van der Waals surface area contributed by atoms with Crippen LogP contribution in [-0.4, -0.2) is 25.4 Å². The summed E-state index contributed by atoms with van der Waals surface area (Å²) in [6, 6.07) is 15.0. The first-order valence-corrected chi connectivity index (χ1v) is 10.2. The van der Waals surface area contributed by atoms with Gasteiger partial charge in [0, 0.05) is 11.4 Å². The highest BCUT2D eigenvalue weighted by Gasteiger charge is 2.08. The Morgan fingerprint density at radius 3 is 2.57 bits per heavy atom. The van der Waals surface area contributed by atoms with Gasteiger partial charge in [-0.3, -0.25) is 4.79 Å². The maximum Gasteiger partial charge on any atom is 0.230 e. The topological polar surface area (TPSA) is 71.3 Å². The van der Waals surface area contributed by atoms with Crippen LogP contribution in [0.5, 0.6) is 11.5 Å².